The van der Waals surface area contributed by atoms with E-state index in [0.717, 1.165) is 0 Å². The summed E-state index contributed by atoms with van der Waals surface area (Å²) in [6, 6.07) is 61.3. The van der Waals surface area contributed by atoms with Crippen LogP contribution in [0.15, 0.2) is 164 Å². The lowest BCUT2D eigenvalue weighted by atomic mass is 9.62. The summed E-state index contributed by atoms with van der Waals surface area (Å²) in [5.74, 6) is 0. The van der Waals surface area contributed by atoms with Crippen molar-refractivity contribution in [1.82, 2.24) is 0 Å². The fourth-order valence-electron chi connectivity index (χ4n) is 8.80. The fourth-order valence-corrected chi connectivity index (χ4v) is 9.89. The number of rotatable bonds is 4. The average Bonchev–Trinajstić information content (AvgIpc) is 3.57. The Morgan fingerprint density at radius 1 is 0.400 bits per heavy atom. The van der Waals surface area contributed by atoms with E-state index in [1.165, 1.54) is 114 Å². The second-order valence-corrected chi connectivity index (χ2v) is 15.1. The van der Waals surface area contributed by atoms with Crippen molar-refractivity contribution in [3.05, 3.63) is 175 Å². The average molecular weight is 660 g/mol. The van der Waals surface area contributed by atoms with Crippen molar-refractivity contribution in [3.63, 3.8) is 0 Å². The molecule has 2 aliphatic rings. The van der Waals surface area contributed by atoms with Gasteiger partial charge in [0.2, 0.25) is 0 Å². The lowest BCUT2D eigenvalue weighted by molar-refractivity contribution is 0.344. The first-order valence-corrected chi connectivity index (χ1v) is 18.8. The summed E-state index contributed by atoms with van der Waals surface area (Å²) in [6.07, 6.45) is 6.14. The number of fused-ring (bicyclic) bond motifs is 7. The van der Waals surface area contributed by atoms with Gasteiger partial charge in [0.1, 0.15) is 0 Å². The molecule has 1 aromatic heterocycles. The van der Waals surface area contributed by atoms with Gasteiger partial charge >= 0.3 is 0 Å². The molecule has 1 fully saturated rings. The maximum Gasteiger partial charge on any atom is 0.0503 e. The summed E-state index contributed by atoms with van der Waals surface area (Å²) >= 11 is 1.89. The molecule has 1 saturated carbocycles. The van der Waals surface area contributed by atoms with Gasteiger partial charge in [-0.3, -0.25) is 0 Å². The molecule has 1 aliphatic heterocycles. The minimum Gasteiger partial charge on any atom is -0.310 e. The Balaban J connectivity index is 1.18. The Hall–Kier alpha value is -5.44. The van der Waals surface area contributed by atoms with Gasteiger partial charge in [-0.2, -0.15) is 0 Å². The van der Waals surface area contributed by atoms with Crippen LogP contribution in [0.3, 0.4) is 0 Å². The summed E-state index contributed by atoms with van der Waals surface area (Å²) in [5, 5.41) is 2.70. The smallest absolute Gasteiger partial charge is 0.0503 e. The fraction of sp³-hybridized carbons (Fsp3) is 0.125. The highest BCUT2D eigenvalue weighted by Crippen LogP contribution is 2.58. The molecule has 8 aromatic rings. The maximum absolute atomic E-state index is 2.56. The summed E-state index contributed by atoms with van der Waals surface area (Å²) in [7, 11) is 0. The molecular weight excluding hydrogens is 623 g/mol. The molecule has 50 heavy (non-hydrogen) atoms. The Morgan fingerprint density at radius 3 is 1.58 bits per heavy atom. The third-order valence-electron chi connectivity index (χ3n) is 11.3. The van der Waals surface area contributed by atoms with Crippen molar-refractivity contribution in [2.75, 3.05) is 4.90 Å². The van der Waals surface area contributed by atoms with Gasteiger partial charge in [-0.25, -0.2) is 0 Å². The van der Waals surface area contributed by atoms with E-state index in [4.69, 9.17) is 0 Å². The molecule has 1 spiro atoms. The van der Waals surface area contributed by atoms with Crippen molar-refractivity contribution in [2.45, 2.75) is 37.5 Å². The van der Waals surface area contributed by atoms with E-state index in [2.05, 4.69) is 169 Å². The third-order valence-corrected chi connectivity index (χ3v) is 12.4. The Labute approximate surface area is 298 Å². The predicted octanol–water partition coefficient (Wildman–Crippen LogP) is 14.1. The molecule has 2 heterocycles. The van der Waals surface area contributed by atoms with E-state index in [9.17, 15) is 0 Å². The molecular formula is C48H37NS. The van der Waals surface area contributed by atoms with E-state index in [1.54, 1.807) is 0 Å². The first kappa shape index (κ1) is 29.5. The molecule has 0 bridgehead atoms. The normalized spacial score (nSPS) is 14.9. The van der Waals surface area contributed by atoms with Crippen molar-refractivity contribution in [2.24, 2.45) is 0 Å². The number of anilines is 3. The van der Waals surface area contributed by atoms with Gasteiger partial charge in [-0.1, -0.05) is 128 Å². The quantitative estimate of drug-likeness (QED) is 0.182. The van der Waals surface area contributed by atoms with Gasteiger partial charge in [0, 0.05) is 31.3 Å². The number of thiophene rings is 1. The van der Waals surface area contributed by atoms with E-state index < -0.39 is 0 Å². The zero-order valence-corrected chi connectivity index (χ0v) is 28.8. The van der Waals surface area contributed by atoms with Crippen LogP contribution in [0.4, 0.5) is 17.1 Å². The van der Waals surface area contributed by atoms with Crippen LogP contribution in [0.2, 0.25) is 0 Å². The van der Waals surface area contributed by atoms with E-state index in [1.807, 2.05) is 11.3 Å². The molecule has 0 saturated heterocycles. The summed E-state index contributed by atoms with van der Waals surface area (Å²) < 4.78 is 2.70. The molecule has 10 rings (SSSR count). The van der Waals surface area contributed by atoms with Gasteiger partial charge in [0.05, 0.1) is 11.4 Å². The molecule has 0 radical (unpaired) electrons. The van der Waals surface area contributed by atoms with Gasteiger partial charge in [0.15, 0.2) is 0 Å². The molecule has 0 unspecified atom stereocenters. The standard InChI is InChI=1S/C48H37NS/c1-4-12-33(13-5-1)35-18-23-39(24-19-35)49-44-25-20-37(34-14-6-2-7-15-34)31-42(44)48(28-10-3-11-29-48)43-32-38(21-26-45(43)49)36-22-27-47-41(30-36)40-16-8-9-17-46(40)50-47/h1-2,4-9,12-27,30-32H,3,10-11,28-29H2. The first-order chi connectivity index (χ1) is 24.7. The van der Waals surface area contributed by atoms with E-state index in [0.29, 0.717) is 0 Å². The van der Waals surface area contributed by atoms with Gasteiger partial charge < -0.3 is 4.90 Å². The Morgan fingerprint density at radius 2 is 0.900 bits per heavy atom. The summed E-state index contributed by atoms with van der Waals surface area (Å²) in [6.45, 7) is 0. The minimum atomic E-state index is -0.0383. The first-order valence-electron chi connectivity index (χ1n) is 18.0. The van der Waals surface area contributed by atoms with Crippen LogP contribution in [0, 0.1) is 0 Å². The Kier molecular flexibility index (Phi) is 6.99. The van der Waals surface area contributed by atoms with Gasteiger partial charge in [-0.05, 0) is 112 Å². The van der Waals surface area contributed by atoms with Gasteiger partial charge in [0.25, 0.3) is 0 Å². The van der Waals surface area contributed by atoms with Crippen LogP contribution >= 0.6 is 11.3 Å². The van der Waals surface area contributed by atoms with Crippen LogP contribution in [0.1, 0.15) is 43.2 Å². The second kappa shape index (κ2) is 11.9. The maximum atomic E-state index is 2.56. The van der Waals surface area contributed by atoms with Crippen molar-refractivity contribution in [1.29, 1.82) is 0 Å². The molecule has 240 valence electrons. The van der Waals surface area contributed by atoms with Crippen LogP contribution in [-0.2, 0) is 5.41 Å². The lowest BCUT2D eigenvalue weighted by Gasteiger charge is -2.48. The minimum absolute atomic E-state index is 0.0383. The number of hydrogen-bond donors (Lipinski definition) is 0. The Bertz CT molecular complexity index is 2500. The van der Waals surface area contributed by atoms with Crippen molar-refractivity contribution >= 4 is 48.6 Å². The van der Waals surface area contributed by atoms with Crippen molar-refractivity contribution < 1.29 is 0 Å². The number of hydrogen-bond acceptors (Lipinski definition) is 2. The van der Waals surface area contributed by atoms with E-state index >= 15 is 0 Å². The number of nitrogens with zero attached hydrogens (tertiary/aromatic N) is 1. The van der Waals surface area contributed by atoms with Gasteiger partial charge in [-0.15, -0.1) is 11.3 Å². The third kappa shape index (κ3) is 4.74. The highest BCUT2D eigenvalue weighted by molar-refractivity contribution is 7.25. The summed E-state index contributed by atoms with van der Waals surface area (Å²) in [4.78, 5) is 2.54. The predicted molar refractivity (Wildman–Crippen MR) is 214 cm³/mol. The monoisotopic (exact) mass is 659 g/mol. The molecule has 0 amide bonds. The SMILES string of the molecule is c1ccc(-c2ccc(N3c4ccc(-c5ccccc5)cc4C4(CCCCC4)c4cc(-c5ccc6sc7ccccc7c6c5)ccc43)cc2)cc1. The van der Waals surface area contributed by atoms with Crippen molar-refractivity contribution in [3.8, 4) is 33.4 Å². The van der Waals surface area contributed by atoms with Crippen LogP contribution in [-0.4, -0.2) is 0 Å². The second-order valence-electron chi connectivity index (χ2n) is 14.0. The van der Waals surface area contributed by atoms with Crippen LogP contribution in [0.5, 0.6) is 0 Å². The highest BCUT2D eigenvalue weighted by Gasteiger charge is 2.44. The zero-order chi connectivity index (χ0) is 33.1. The molecule has 2 heteroatoms. The van der Waals surface area contributed by atoms with Crippen LogP contribution < -0.4 is 4.90 Å². The molecule has 7 aromatic carbocycles. The molecule has 0 N–H and O–H groups in total. The highest BCUT2D eigenvalue weighted by atomic mass is 32.1. The summed E-state index contributed by atoms with van der Waals surface area (Å²) in [5.41, 5.74) is 14.4. The molecule has 1 nitrogen and oxygen atoms in total. The van der Waals surface area contributed by atoms with E-state index in [-0.39, 0.29) is 5.41 Å². The molecule has 1 aliphatic carbocycles. The molecule has 0 atom stereocenters. The lowest BCUT2D eigenvalue weighted by Crippen LogP contribution is -2.37. The van der Waals surface area contributed by atoms with Crippen LogP contribution in [0.25, 0.3) is 53.6 Å². The topological polar surface area (TPSA) is 3.24 Å². The largest absolute Gasteiger partial charge is 0.310 e. The zero-order valence-electron chi connectivity index (χ0n) is 28.0. The number of benzene rings is 7.